The Balaban J connectivity index is 1.51. The molecule has 0 aliphatic heterocycles. The predicted molar refractivity (Wildman–Crippen MR) is 124 cm³/mol. The third-order valence-electron chi connectivity index (χ3n) is 6.60. The molecular formula is C26H28F3N3O3. The van der Waals surface area contributed by atoms with Crippen molar-refractivity contribution in [2.45, 2.75) is 37.7 Å². The smallest absolute Gasteiger partial charge is 0.416 e. The summed E-state index contributed by atoms with van der Waals surface area (Å²) in [5, 5.41) is 24.0. The second kappa shape index (κ2) is 10.7. The normalized spacial score (nSPS) is 22.3. The predicted octanol–water partition coefficient (Wildman–Crippen LogP) is 3.86. The molecule has 186 valence electrons. The minimum absolute atomic E-state index is 0.0729. The van der Waals surface area contributed by atoms with Crippen LogP contribution in [0.3, 0.4) is 0 Å². The average Bonchev–Trinajstić information content (AvgIpc) is 3.16. The van der Waals surface area contributed by atoms with Crippen molar-refractivity contribution in [1.82, 2.24) is 15.3 Å². The van der Waals surface area contributed by atoms with Crippen molar-refractivity contribution >= 4 is 0 Å². The second-order valence-electron chi connectivity index (χ2n) is 8.80. The van der Waals surface area contributed by atoms with Crippen LogP contribution in [0.15, 0.2) is 60.8 Å². The van der Waals surface area contributed by atoms with Gasteiger partial charge in [0, 0.05) is 42.6 Å². The highest BCUT2D eigenvalue weighted by Gasteiger charge is 2.42. The number of ether oxygens (including phenoxy) is 1. The number of alkyl halides is 3. The Bertz CT molecular complexity index is 1120. The maximum Gasteiger partial charge on any atom is 0.416 e. The van der Waals surface area contributed by atoms with Gasteiger partial charge >= 0.3 is 6.18 Å². The van der Waals surface area contributed by atoms with Crippen molar-refractivity contribution in [1.29, 1.82) is 0 Å². The molecule has 1 aliphatic rings. The average molecular weight is 488 g/mol. The van der Waals surface area contributed by atoms with Crippen LogP contribution in [-0.4, -0.2) is 46.0 Å². The zero-order valence-corrected chi connectivity index (χ0v) is 19.2. The van der Waals surface area contributed by atoms with E-state index in [1.807, 2.05) is 24.3 Å². The van der Waals surface area contributed by atoms with Gasteiger partial charge in [-0.05, 0) is 54.7 Å². The molecule has 9 heteroatoms. The fraction of sp³-hybridized carbons (Fsp3) is 0.385. The standard InChI is InChI=1S/C26H28F3N3O3/c1-35-20-7-5-16(6-8-20)14-31-23-13-24(34)22(15-33)21(23)12-19-9-10-30-25(32-19)17-3-2-4-18(11-17)26(27,28)29/h2-11,21-24,31,33-34H,12-15H2,1H3/t21-,22-,23-,24-/m1/s1. The van der Waals surface area contributed by atoms with Gasteiger partial charge in [-0.25, -0.2) is 9.97 Å². The van der Waals surface area contributed by atoms with Crippen molar-refractivity contribution in [2.24, 2.45) is 11.8 Å². The summed E-state index contributed by atoms with van der Waals surface area (Å²) in [6, 6.07) is 14.3. The monoisotopic (exact) mass is 487 g/mol. The van der Waals surface area contributed by atoms with Crippen LogP contribution in [-0.2, 0) is 19.1 Å². The SMILES string of the molecule is COc1ccc(CN[C@@H]2C[C@@H](O)[C@H](CO)[C@H]2Cc2ccnc(-c3cccc(C(F)(F)F)c3)n2)cc1. The zero-order valence-electron chi connectivity index (χ0n) is 19.2. The van der Waals surface area contributed by atoms with Crippen molar-refractivity contribution in [2.75, 3.05) is 13.7 Å². The Morgan fingerprint density at radius 1 is 1.09 bits per heavy atom. The molecule has 4 atom stereocenters. The summed E-state index contributed by atoms with van der Waals surface area (Å²) in [4.78, 5) is 8.68. The number of hydrogen-bond donors (Lipinski definition) is 3. The van der Waals surface area contributed by atoms with Gasteiger partial charge in [0.05, 0.1) is 18.8 Å². The molecule has 2 aromatic carbocycles. The lowest BCUT2D eigenvalue weighted by Gasteiger charge is -2.25. The minimum Gasteiger partial charge on any atom is -0.497 e. The van der Waals surface area contributed by atoms with Gasteiger partial charge in [0.15, 0.2) is 5.82 Å². The van der Waals surface area contributed by atoms with Gasteiger partial charge in [-0.3, -0.25) is 0 Å². The van der Waals surface area contributed by atoms with E-state index >= 15 is 0 Å². The Labute approximate surface area is 201 Å². The highest BCUT2D eigenvalue weighted by Crippen LogP contribution is 2.35. The Morgan fingerprint density at radius 2 is 1.86 bits per heavy atom. The third kappa shape index (κ3) is 5.98. The lowest BCUT2D eigenvalue weighted by molar-refractivity contribution is -0.137. The molecule has 1 aliphatic carbocycles. The Morgan fingerprint density at radius 3 is 2.54 bits per heavy atom. The van der Waals surface area contributed by atoms with E-state index < -0.39 is 17.8 Å². The topological polar surface area (TPSA) is 87.5 Å². The van der Waals surface area contributed by atoms with Crippen LogP contribution in [0.1, 0.15) is 23.2 Å². The van der Waals surface area contributed by atoms with E-state index in [2.05, 4.69) is 15.3 Å². The first-order valence-electron chi connectivity index (χ1n) is 11.4. The maximum absolute atomic E-state index is 13.1. The van der Waals surface area contributed by atoms with Crippen molar-refractivity contribution in [3.8, 4) is 17.1 Å². The molecule has 0 saturated heterocycles. The maximum atomic E-state index is 13.1. The number of rotatable bonds is 8. The first-order valence-corrected chi connectivity index (χ1v) is 11.4. The van der Waals surface area contributed by atoms with E-state index in [0.29, 0.717) is 25.1 Å². The number of benzene rings is 2. The van der Waals surface area contributed by atoms with Crippen LogP contribution in [0.4, 0.5) is 13.2 Å². The molecule has 0 amide bonds. The summed E-state index contributed by atoms with van der Waals surface area (Å²) >= 11 is 0. The molecule has 35 heavy (non-hydrogen) atoms. The number of aromatic nitrogens is 2. The zero-order chi connectivity index (χ0) is 25.0. The molecule has 1 aromatic heterocycles. The number of methoxy groups -OCH3 is 1. The van der Waals surface area contributed by atoms with E-state index in [9.17, 15) is 23.4 Å². The molecule has 1 fully saturated rings. The molecule has 0 spiro atoms. The van der Waals surface area contributed by atoms with E-state index in [0.717, 1.165) is 23.4 Å². The quantitative estimate of drug-likeness (QED) is 0.447. The van der Waals surface area contributed by atoms with Crippen molar-refractivity contribution < 1.29 is 28.1 Å². The highest BCUT2D eigenvalue weighted by molar-refractivity contribution is 5.56. The van der Waals surface area contributed by atoms with Gasteiger partial charge in [-0.1, -0.05) is 24.3 Å². The summed E-state index contributed by atoms with van der Waals surface area (Å²) < 4.78 is 44.6. The summed E-state index contributed by atoms with van der Waals surface area (Å²) in [6.45, 7) is 0.410. The van der Waals surface area contributed by atoms with E-state index in [-0.39, 0.29) is 35.9 Å². The van der Waals surface area contributed by atoms with E-state index in [4.69, 9.17) is 4.74 Å². The van der Waals surface area contributed by atoms with Gasteiger partial charge in [-0.2, -0.15) is 13.2 Å². The van der Waals surface area contributed by atoms with Gasteiger partial charge < -0.3 is 20.3 Å². The summed E-state index contributed by atoms with van der Waals surface area (Å²) in [5.74, 6) is 0.520. The summed E-state index contributed by atoms with van der Waals surface area (Å²) in [7, 11) is 1.61. The molecule has 0 radical (unpaired) electrons. The molecule has 0 bridgehead atoms. The van der Waals surface area contributed by atoms with Gasteiger partial charge in [-0.15, -0.1) is 0 Å². The molecule has 0 unspecified atom stereocenters. The first kappa shape index (κ1) is 25.1. The minimum atomic E-state index is -4.45. The fourth-order valence-corrected chi connectivity index (χ4v) is 4.70. The van der Waals surface area contributed by atoms with Gasteiger partial charge in [0.1, 0.15) is 5.75 Å². The van der Waals surface area contributed by atoms with Crippen molar-refractivity contribution in [3.63, 3.8) is 0 Å². The van der Waals surface area contributed by atoms with Crippen LogP contribution >= 0.6 is 0 Å². The third-order valence-corrected chi connectivity index (χ3v) is 6.60. The second-order valence-corrected chi connectivity index (χ2v) is 8.80. The van der Waals surface area contributed by atoms with E-state index in [1.54, 1.807) is 19.2 Å². The molecule has 4 rings (SSSR count). The van der Waals surface area contributed by atoms with Gasteiger partial charge in [0.2, 0.25) is 0 Å². The molecule has 1 saturated carbocycles. The molecule has 3 N–H and O–H groups in total. The van der Waals surface area contributed by atoms with Crippen LogP contribution < -0.4 is 10.1 Å². The lowest BCUT2D eigenvalue weighted by atomic mass is 9.88. The van der Waals surface area contributed by atoms with Crippen molar-refractivity contribution in [3.05, 3.63) is 77.6 Å². The fourth-order valence-electron chi connectivity index (χ4n) is 4.70. The highest BCUT2D eigenvalue weighted by atomic mass is 19.4. The number of nitrogens with one attached hydrogen (secondary N) is 1. The molecule has 1 heterocycles. The number of aliphatic hydroxyl groups is 2. The van der Waals surface area contributed by atoms with E-state index in [1.165, 1.54) is 12.3 Å². The molecular weight excluding hydrogens is 459 g/mol. The molecule has 3 aromatic rings. The largest absolute Gasteiger partial charge is 0.497 e. The first-order chi connectivity index (χ1) is 16.8. The number of nitrogens with zero attached hydrogens (tertiary/aromatic N) is 2. The van der Waals surface area contributed by atoms with Crippen LogP contribution in [0.5, 0.6) is 5.75 Å². The summed E-state index contributed by atoms with van der Waals surface area (Å²) in [5.41, 5.74) is 1.22. The number of halogens is 3. The lowest BCUT2D eigenvalue weighted by Crippen LogP contribution is -2.36. The Hall–Kier alpha value is -3.01. The van der Waals surface area contributed by atoms with Crippen LogP contribution in [0, 0.1) is 11.8 Å². The molecule has 6 nitrogen and oxygen atoms in total. The van der Waals surface area contributed by atoms with Gasteiger partial charge in [0.25, 0.3) is 0 Å². The summed E-state index contributed by atoms with van der Waals surface area (Å²) in [6.07, 6.45) is -2.67. The number of aliphatic hydroxyl groups excluding tert-OH is 2. The Kier molecular flexibility index (Phi) is 7.69. The number of hydrogen-bond acceptors (Lipinski definition) is 6. The van der Waals surface area contributed by atoms with Crippen LogP contribution in [0.25, 0.3) is 11.4 Å². The van der Waals surface area contributed by atoms with Crippen LogP contribution in [0.2, 0.25) is 0 Å².